The van der Waals surface area contributed by atoms with Crippen LogP contribution in [0.3, 0.4) is 0 Å². The van der Waals surface area contributed by atoms with Crippen LogP contribution in [0.25, 0.3) is 0 Å². The summed E-state index contributed by atoms with van der Waals surface area (Å²) in [6.07, 6.45) is 1.21. The lowest BCUT2D eigenvalue weighted by molar-refractivity contribution is -0.120. The van der Waals surface area contributed by atoms with E-state index in [1.165, 1.54) is 11.2 Å². The molecule has 1 amide bonds. The molecule has 6 nitrogen and oxygen atoms in total. The van der Waals surface area contributed by atoms with E-state index in [9.17, 15) is 18.0 Å². The van der Waals surface area contributed by atoms with Gasteiger partial charge in [-0.2, -0.15) is 4.31 Å². The lowest BCUT2D eigenvalue weighted by Crippen LogP contribution is -2.43. The van der Waals surface area contributed by atoms with E-state index in [-0.39, 0.29) is 22.4 Å². The Morgan fingerprint density at radius 3 is 2.63 bits per heavy atom. The van der Waals surface area contributed by atoms with Gasteiger partial charge in [0.1, 0.15) is 4.21 Å². The fraction of sp³-hybridized carbons (Fsp3) is 0.333. The number of amides is 1. The standard InChI is InChI=1S/C18H19BrN2O4S2/c1-12(22)14-6-2-3-7-15(14)20-18(23)13-5-4-10-21(11-13)27(24,25)17-9-8-16(19)26-17/h2-3,6-9,13H,4-5,10-11H2,1H3,(H,20,23). The zero-order chi connectivity index (χ0) is 19.6. The van der Waals surface area contributed by atoms with Gasteiger partial charge in [0.2, 0.25) is 5.91 Å². The van der Waals surface area contributed by atoms with Gasteiger partial charge in [-0.3, -0.25) is 9.59 Å². The van der Waals surface area contributed by atoms with E-state index in [0.29, 0.717) is 30.6 Å². The molecule has 0 spiro atoms. The quantitative estimate of drug-likeness (QED) is 0.674. The molecule has 2 aromatic rings. The van der Waals surface area contributed by atoms with Gasteiger partial charge in [-0.25, -0.2) is 8.42 Å². The van der Waals surface area contributed by atoms with Gasteiger partial charge in [-0.15, -0.1) is 11.3 Å². The van der Waals surface area contributed by atoms with Gasteiger partial charge >= 0.3 is 0 Å². The maximum absolute atomic E-state index is 12.8. The van der Waals surface area contributed by atoms with Crippen molar-refractivity contribution in [3.05, 3.63) is 45.7 Å². The lowest BCUT2D eigenvalue weighted by Gasteiger charge is -2.30. The number of carbonyl (C=O) groups is 2. The highest BCUT2D eigenvalue weighted by atomic mass is 79.9. The predicted octanol–water partition coefficient (Wildman–Crippen LogP) is 3.75. The molecule has 1 fully saturated rings. The summed E-state index contributed by atoms with van der Waals surface area (Å²) in [5.74, 6) is -0.866. The third-order valence-electron chi connectivity index (χ3n) is 4.46. The first-order valence-corrected chi connectivity index (χ1v) is 11.5. The second-order valence-corrected chi connectivity index (χ2v) is 11.0. The molecule has 3 rings (SSSR count). The number of rotatable bonds is 5. The zero-order valence-electron chi connectivity index (χ0n) is 14.6. The average Bonchev–Trinajstić information content (AvgIpc) is 3.09. The molecular weight excluding hydrogens is 452 g/mol. The van der Waals surface area contributed by atoms with E-state index < -0.39 is 15.9 Å². The number of nitrogens with zero attached hydrogens (tertiary/aromatic N) is 1. The molecule has 1 aromatic heterocycles. The second kappa shape index (κ2) is 8.22. The van der Waals surface area contributed by atoms with Crippen LogP contribution in [-0.2, 0) is 14.8 Å². The lowest BCUT2D eigenvalue weighted by atomic mass is 9.98. The van der Waals surface area contributed by atoms with Gasteiger partial charge in [-0.1, -0.05) is 12.1 Å². The number of piperidine rings is 1. The first-order chi connectivity index (χ1) is 12.8. The summed E-state index contributed by atoms with van der Waals surface area (Å²) in [4.78, 5) is 24.4. The zero-order valence-corrected chi connectivity index (χ0v) is 17.9. The summed E-state index contributed by atoms with van der Waals surface area (Å²) >= 11 is 4.44. The average molecular weight is 471 g/mol. The Hall–Kier alpha value is -1.55. The number of anilines is 1. The minimum atomic E-state index is -3.61. The second-order valence-electron chi connectivity index (χ2n) is 6.35. The van der Waals surface area contributed by atoms with Crippen LogP contribution < -0.4 is 5.32 Å². The number of Topliss-reactive ketones (excluding diaryl/α,β-unsaturated/α-hetero) is 1. The van der Waals surface area contributed by atoms with E-state index >= 15 is 0 Å². The summed E-state index contributed by atoms with van der Waals surface area (Å²) in [6, 6.07) is 10.1. The number of carbonyl (C=O) groups excluding carboxylic acids is 2. The van der Waals surface area contributed by atoms with Crippen molar-refractivity contribution >= 4 is 54.7 Å². The van der Waals surface area contributed by atoms with Crippen LogP contribution in [-0.4, -0.2) is 37.5 Å². The van der Waals surface area contributed by atoms with Gasteiger partial charge in [0, 0.05) is 18.7 Å². The number of halogens is 1. The maximum Gasteiger partial charge on any atom is 0.252 e. The number of ketones is 1. The number of sulfonamides is 1. The molecule has 144 valence electrons. The Morgan fingerprint density at radius 2 is 1.96 bits per heavy atom. The first-order valence-electron chi connectivity index (χ1n) is 8.45. The van der Waals surface area contributed by atoms with Crippen molar-refractivity contribution in [1.29, 1.82) is 0 Å². The Balaban J connectivity index is 1.75. The molecular formula is C18H19BrN2O4S2. The van der Waals surface area contributed by atoms with E-state index in [1.54, 1.807) is 36.4 Å². The third kappa shape index (κ3) is 4.48. The van der Waals surface area contributed by atoms with Crippen LogP contribution in [0, 0.1) is 5.92 Å². The fourth-order valence-corrected chi connectivity index (χ4v) is 6.76. The smallest absolute Gasteiger partial charge is 0.252 e. The van der Waals surface area contributed by atoms with Crippen molar-refractivity contribution in [3.8, 4) is 0 Å². The van der Waals surface area contributed by atoms with Crippen LogP contribution in [0.15, 0.2) is 44.4 Å². The molecule has 1 aliphatic heterocycles. The van der Waals surface area contributed by atoms with E-state index in [4.69, 9.17) is 0 Å². The van der Waals surface area contributed by atoms with E-state index in [0.717, 1.165) is 15.1 Å². The van der Waals surface area contributed by atoms with Crippen LogP contribution >= 0.6 is 27.3 Å². The molecule has 1 atom stereocenters. The maximum atomic E-state index is 12.8. The molecule has 0 bridgehead atoms. The Kier molecular flexibility index (Phi) is 6.15. The van der Waals surface area contributed by atoms with Crippen molar-refractivity contribution in [1.82, 2.24) is 4.31 Å². The number of para-hydroxylation sites is 1. The summed E-state index contributed by atoms with van der Waals surface area (Å²) in [5, 5.41) is 2.79. The van der Waals surface area contributed by atoms with Crippen LogP contribution in [0.5, 0.6) is 0 Å². The van der Waals surface area contributed by atoms with Gasteiger partial charge < -0.3 is 5.32 Å². The highest BCUT2D eigenvalue weighted by molar-refractivity contribution is 9.11. The minimum absolute atomic E-state index is 0.131. The van der Waals surface area contributed by atoms with Gasteiger partial charge in [-0.05, 0) is 60.0 Å². The van der Waals surface area contributed by atoms with Crippen molar-refractivity contribution in [3.63, 3.8) is 0 Å². The molecule has 0 aliphatic carbocycles. The van der Waals surface area contributed by atoms with Gasteiger partial charge in [0.25, 0.3) is 10.0 Å². The highest BCUT2D eigenvalue weighted by Gasteiger charge is 2.34. The number of hydrogen-bond acceptors (Lipinski definition) is 5. The van der Waals surface area contributed by atoms with Crippen molar-refractivity contribution < 1.29 is 18.0 Å². The molecule has 0 saturated carbocycles. The summed E-state index contributed by atoms with van der Waals surface area (Å²) in [6.45, 7) is 1.97. The molecule has 1 saturated heterocycles. The Bertz CT molecular complexity index is 971. The normalized spacial score (nSPS) is 18.2. The molecule has 1 unspecified atom stereocenters. The number of thiophene rings is 1. The topological polar surface area (TPSA) is 83.6 Å². The Labute approximate surface area is 170 Å². The molecule has 9 heteroatoms. The molecule has 1 aliphatic rings. The van der Waals surface area contributed by atoms with Gasteiger partial charge in [0.05, 0.1) is 15.4 Å². The number of benzene rings is 1. The molecule has 1 aromatic carbocycles. The van der Waals surface area contributed by atoms with Crippen molar-refractivity contribution in [2.75, 3.05) is 18.4 Å². The van der Waals surface area contributed by atoms with Crippen LogP contribution in [0.1, 0.15) is 30.1 Å². The van der Waals surface area contributed by atoms with Crippen molar-refractivity contribution in [2.45, 2.75) is 24.0 Å². The number of nitrogens with one attached hydrogen (secondary N) is 1. The number of hydrogen-bond donors (Lipinski definition) is 1. The summed E-state index contributed by atoms with van der Waals surface area (Å²) in [5.41, 5.74) is 0.895. The first kappa shape index (κ1) is 20.2. The highest BCUT2D eigenvalue weighted by Crippen LogP contribution is 2.31. The predicted molar refractivity (Wildman–Crippen MR) is 109 cm³/mol. The van der Waals surface area contributed by atoms with Crippen molar-refractivity contribution in [2.24, 2.45) is 5.92 Å². The van der Waals surface area contributed by atoms with E-state index in [1.807, 2.05) is 0 Å². The SMILES string of the molecule is CC(=O)c1ccccc1NC(=O)C1CCCN(S(=O)(=O)c2ccc(Br)s2)C1. The summed E-state index contributed by atoms with van der Waals surface area (Å²) in [7, 11) is -3.61. The Morgan fingerprint density at radius 1 is 1.22 bits per heavy atom. The van der Waals surface area contributed by atoms with Gasteiger partial charge in [0.15, 0.2) is 5.78 Å². The summed E-state index contributed by atoms with van der Waals surface area (Å²) < 4.78 is 28.0. The third-order valence-corrected chi connectivity index (χ3v) is 8.42. The molecule has 2 heterocycles. The van der Waals surface area contributed by atoms with E-state index in [2.05, 4.69) is 21.2 Å². The van der Waals surface area contributed by atoms with Crippen LogP contribution in [0.4, 0.5) is 5.69 Å². The molecule has 1 N–H and O–H groups in total. The monoisotopic (exact) mass is 470 g/mol. The van der Waals surface area contributed by atoms with Crippen LogP contribution in [0.2, 0.25) is 0 Å². The molecule has 0 radical (unpaired) electrons. The minimum Gasteiger partial charge on any atom is -0.325 e. The molecule has 27 heavy (non-hydrogen) atoms. The fourth-order valence-electron chi connectivity index (χ4n) is 3.07. The largest absolute Gasteiger partial charge is 0.325 e.